The number of unbranched alkanes of at least 4 members (excludes halogenated alkanes) is 1. The second-order valence-electron chi connectivity index (χ2n) is 8.12. The molecule has 1 aliphatic rings. The Morgan fingerprint density at radius 3 is 2.24 bits per heavy atom. The third-order valence-electron chi connectivity index (χ3n) is 5.88. The van der Waals surface area contributed by atoms with E-state index in [9.17, 15) is 14.4 Å². The van der Waals surface area contributed by atoms with Gasteiger partial charge in [-0.15, -0.1) is 0 Å². The summed E-state index contributed by atoms with van der Waals surface area (Å²) in [4.78, 5) is 35.7. The summed E-state index contributed by atoms with van der Waals surface area (Å²) in [6.45, 7) is 0.0543. The van der Waals surface area contributed by atoms with Crippen molar-refractivity contribution in [3.63, 3.8) is 0 Å². The van der Waals surface area contributed by atoms with E-state index < -0.39 is 36.7 Å². The molecule has 0 fully saturated rings. The number of hydrogen-bond acceptors (Lipinski definition) is 7. The van der Waals surface area contributed by atoms with Gasteiger partial charge in [0.05, 0.1) is 19.8 Å². The maximum absolute atomic E-state index is 12.2. The maximum Gasteiger partial charge on any atom is 0.407 e. The summed E-state index contributed by atoms with van der Waals surface area (Å²) in [5.74, 6) is -1.29. The van der Waals surface area contributed by atoms with Gasteiger partial charge in [-0.2, -0.15) is 0 Å². The maximum atomic E-state index is 12.2. The molecule has 0 aromatic heterocycles. The quantitative estimate of drug-likeness (QED) is 0.290. The molecule has 9 nitrogen and oxygen atoms in total. The first-order valence-corrected chi connectivity index (χ1v) is 11.3. The molecule has 2 aromatic rings. The predicted molar refractivity (Wildman–Crippen MR) is 126 cm³/mol. The molecule has 0 heterocycles. The van der Waals surface area contributed by atoms with Crippen LogP contribution >= 0.6 is 0 Å². The number of ether oxygens (including phenoxy) is 2. The Hall–Kier alpha value is -3.43. The van der Waals surface area contributed by atoms with Crippen LogP contribution in [0, 0.1) is 0 Å². The van der Waals surface area contributed by atoms with Gasteiger partial charge in [-0.1, -0.05) is 48.5 Å². The van der Waals surface area contributed by atoms with E-state index in [1.807, 2.05) is 24.3 Å². The van der Waals surface area contributed by atoms with E-state index in [4.69, 9.17) is 15.6 Å². The number of carbonyl (C=O) groups is 3. The molecule has 182 valence electrons. The number of carbonyl (C=O) groups excluding carboxylic acids is 3. The lowest BCUT2D eigenvalue weighted by molar-refractivity contribution is -0.146. The number of alkyl carbamates (subject to hydrolysis) is 1. The van der Waals surface area contributed by atoms with Gasteiger partial charge in [0, 0.05) is 12.5 Å². The van der Waals surface area contributed by atoms with Crippen LogP contribution in [0.4, 0.5) is 4.79 Å². The fourth-order valence-electron chi connectivity index (χ4n) is 4.06. The van der Waals surface area contributed by atoms with E-state index in [2.05, 4.69) is 39.6 Å². The van der Waals surface area contributed by atoms with Crippen LogP contribution in [0.1, 0.15) is 36.3 Å². The van der Waals surface area contributed by atoms with Crippen LogP contribution in [-0.4, -0.2) is 62.0 Å². The van der Waals surface area contributed by atoms with Crippen molar-refractivity contribution < 1.29 is 29.0 Å². The number of hydrogen-bond donors (Lipinski definition) is 4. The number of nitrogens with one attached hydrogen (secondary N) is 2. The minimum atomic E-state index is -1.14. The van der Waals surface area contributed by atoms with Crippen molar-refractivity contribution in [1.29, 1.82) is 0 Å². The van der Waals surface area contributed by atoms with E-state index in [-0.39, 0.29) is 12.5 Å². The van der Waals surface area contributed by atoms with Crippen molar-refractivity contribution in [3.05, 3.63) is 59.7 Å². The normalized spacial score (nSPS) is 13.9. The summed E-state index contributed by atoms with van der Waals surface area (Å²) < 4.78 is 9.99. The standard InChI is InChI=1S/C25H31N3O6/c1-33-24(31)22(14-29)28-23(30)21(26)12-6-7-13-27-25(32)34-15-20-18-10-4-2-8-16(18)17-9-3-5-11-19(17)20/h2-5,8-11,20-22,29H,6-7,12-15,26H2,1H3,(H,27,32)(H,28,30)/t21-,22-/m0/s1. The van der Waals surface area contributed by atoms with Gasteiger partial charge in [-0.25, -0.2) is 9.59 Å². The minimum absolute atomic E-state index is 0.00222. The Balaban J connectivity index is 1.36. The Labute approximate surface area is 198 Å². The van der Waals surface area contributed by atoms with Gasteiger partial charge in [0.1, 0.15) is 6.61 Å². The number of rotatable bonds is 11. The molecule has 9 heteroatoms. The van der Waals surface area contributed by atoms with Crippen LogP contribution in [0.15, 0.2) is 48.5 Å². The van der Waals surface area contributed by atoms with Gasteiger partial charge < -0.3 is 30.9 Å². The van der Waals surface area contributed by atoms with Crippen molar-refractivity contribution in [2.24, 2.45) is 5.73 Å². The SMILES string of the molecule is COC(=O)[C@H](CO)NC(=O)[C@@H](N)CCCCNC(=O)OCC1c2ccccc2-c2ccccc21. The van der Waals surface area contributed by atoms with Crippen LogP contribution in [-0.2, 0) is 19.1 Å². The molecule has 0 bridgehead atoms. The topological polar surface area (TPSA) is 140 Å². The lowest BCUT2D eigenvalue weighted by Crippen LogP contribution is -2.50. The molecule has 0 saturated heterocycles. The zero-order chi connectivity index (χ0) is 24.5. The summed E-state index contributed by atoms with van der Waals surface area (Å²) in [6, 6.07) is 14.3. The number of fused-ring (bicyclic) bond motifs is 3. The highest BCUT2D eigenvalue weighted by Crippen LogP contribution is 2.44. The van der Waals surface area contributed by atoms with Crippen molar-refractivity contribution in [2.75, 3.05) is 26.9 Å². The van der Waals surface area contributed by atoms with E-state index in [1.165, 1.54) is 18.2 Å². The molecule has 3 rings (SSSR count). The van der Waals surface area contributed by atoms with Crippen molar-refractivity contribution in [1.82, 2.24) is 10.6 Å². The number of esters is 1. The molecule has 2 atom stereocenters. The lowest BCUT2D eigenvalue weighted by atomic mass is 9.98. The molecular weight excluding hydrogens is 438 g/mol. The lowest BCUT2D eigenvalue weighted by Gasteiger charge is -2.17. The minimum Gasteiger partial charge on any atom is -0.467 e. The highest BCUT2D eigenvalue weighted by Gasteiger charge is 2.29. The molecule has 0 saturated carbocycles. The van der Waals surface area contributed by atoms with Gasteiger partial charge in [0.2, 0.25) is 5.91 Å². The van der Waals surface area contributed by atoms with Gasteiger partial charge in [0.25, 0.3) is 0 Å². The number of nitrogens with two attached hydrogens (primary N) is 1. The first-order valence-electron chi connectivity index (χ1n) is 11.3. The van der Waals surface area contributed by atoms with E-state index in [0.29, 0.717) is 25.8 Å². The largest absolute Gasteiger partial charge is 0.467 e. The van der Waals surface area contributed by atoms with Gasteiger partial charge in [-0.3, -0.25) is 4.79 Å². The molecule has 0 unspecified atom stereocenters. The van der Waals surface area contributed by atoms with E-state index >= 15 is 0 Å². The molecule has 5 N–H and O–H groups in total. The van der Waals surface area contributed by atoms with Gasteiger partial charge in [0.15, 0.2) is 6.04 Å². The second kappa shape index (κ2) is 12.2. The Morgan fingerprint density at radius 1 is 1.03 bits per heavy atom. The Kier molecular flexibility index (Phi) is 9.00. The molecule has 2 aromatic carbocycles. The Morgan fingerprint density at radius 2 is 1.65 bits per heavy atom. The number of benzene rings is 2. The number of aliphatic hydroxyl groups is 1. The third-order valence-corrected chi connectivity index (χ3v) is 5.88. The molecule has 0 aliphatic heterocycles. The van der Waals surface area contributed by atoms with E-state index in [0.717, 1.165) is 11.1 Å². The van der Waals surface area contributed by atoms with Crippen LogP contribution in [0.3, 0.4) is 0 Å². The predicted octanol–water partition coefficient (Wildman–Crippen LogP) is 1.67. The smallest absolute Gasteiger partial charge is 0.407 e. The molecule has 0 spiro atoms. The highest BCUT2D eigenvalue weighted by molar-refractivity contribution is 5.87. The number of aliphatic hydroxyl groups excluding tert-OH is 1. The zero-order valence-electron chi connectivity index (χ0n) is 19.2. The molecular formula is C25H31N3O6. The molecule has 2 amide bonds. The number of amides is 2. The van der Waals surface area contributed by atoms with Crippen molar-refractivity contribution in [3.8, 4) is 11.1 Å². The van der Waals surface area contributed by atoms with Gasteiger partial charge >= 0.3 is 12.1 Å². The third kappa shape index (κ3) is 6.12. The molecule has 1 aliphatic carbocycles. The Bertz CT molecular complexity index is 966. The molecule has 0 radical (unpaired) electrons. The fraction of sp³-hybridized carbons (Fsp3) is 0.400. The summed E-state index contributed by atoms with van der Waals surface area (Å²) in [6.07, 6.45) is 1.05. The van der Waals surface area contributed by atoms with Crippen LogP contribution < -0.4 is 16.4 Å². The summed E-state index contributed by atoms with van der Waals surface area (Å²) in [7, 11) is 1.17. The average Bonchev–Trinajstić information content (AvgIpc) is 3.18. The summed E-state index contributed by atoms with van der Waals surface area (Å²) in [5.41, 5.74) is 10.5. The van der Waals surface area contributed by atoms with Gasteiger partial charge in [-0.05, 0) is 41.5 Å². The van der Waals surface area contributed by atoms with Crippen LogP contribution in [0.25, 0.3) is 11.1 Å². The second-order valence-corrected chi connectivity index (χ2v) is 8.12. The van der Waals surface area contributed by atoms with Crippen molar-refractivity contribution in [2.45, 2.75) is 37.3 Å². The fourth-order valence-corrected chi connectivity index (χ4v) is 4.06. The first-order chi connectivity index (χ1) is 16.5. The summed E-state index contributed by atoms with van der Waals surface area (Å²) in [5, 5.41) is 14.2. The van der Waals surface area contributed by atoms with E-state index in [1.54, 1.807) is 0 Å². The highest BCUT2D eigenvalue weighted by atomic mass is 16.5. The van der Waals surface area contributed by atoms with Crippen LogP contribution in [0.5, 0.6) is 0 Å². The average molecular weight is 470 g/mol. The van der Waals surface area contributed by atoms with Crippen LogP contribution in [0.2, 0.25) is 0 Å². The zero-order valence-corrected chi connectivity index (χ0v) is 19.2. The number of methoxy groups -OCH3 is 1. The summed E-state index contributed by atoms with van der Waals surface area (Å²) >= 11 is 0. The monoisotopic (exact) mass is 469 g/mol. The molecule has 34 heavy (non-hydrogen) atoms. The first kappa shape index (κ1) is 25.2. The van der Waals surface area contributed by atoms with Crippen molar-refractivity contribution >= 4 is 18.0 Å².